The van der Waals surface area contributed by atoms with E-state index in [1.807, 2.05) is 0 Å². The monoisotopic (exact) mass is 524 g/mol. The predicted octanol–water partition coefficient (Wildman–Crippen LogP) is 2.16. The van der Waals surface area contributed by atoms with Crippen LogP contribution < -0.4 is 4.57 Å². The van der Waals surface area contributed by atoms with E-state index in [9.17, 15) is 52.5 Å². The summed E-state index contributed by atoms with van der Waals surface area (Å²) in [6.45, 7) is 6.49. The Labute approximate surface area is 185 Å². The highest BCUT2D eigenvalue weighted by Gasteiger charge is 2.83. The van der Waals surface area contributed by atoms with Gasteiger partial charge in [-0.2, -0.15) is 39.5 Å². The molecule has 0 aliphatic heterocycles. The topological polar surface area (TPSA) is 72.5 Å². The van der Waals surface area contributed by atoms with E-state index in [1.54, 1.807) is 0 Å². The van der Waals surface area contributed by atoms with Gasteiger partial charge in [0.2, 0.25) is 0 Å². The number of nitrogens with zero attached hydrogens (tertiary/aromatic N) is 4. The lowest BCUT2D eigenvalue weighted by molar-refractivity contribution is -0.701. The van der Waals surface area contributed by atoms with Gasteiger partial charge in [0.15, 0.2) is 10.1 Å². The molecule has 0 atom stereocenters. The third-order valence-corrected chi connectivity index (χ3v) is 5.15. The summed E-state index contributed by atoms with van der Waals surface area (Å²) in [5, 5.41) is -7.11. The molecule has 1 aromatic rings. The quantitative estimate of drug-likeness (QED) is 0.281. The first-order valence-corrected chi connectivity index (χ1v) is 10.4. The van der Waals surface area contributed by atoms with E-state index >= 15 is 0 Å². The molecule has 33 heavy (non-hydrogen) atoms. The minimum absolute atomic E-state index is 1.06. The summed E-state index contributed by atoms with van der Waals surface area (Å²) in [5.41, 5.74) is 0. The Morgan fingerprint density at radius 2 is 1.36 bits per heavy atom. The Morgan fingerprint density at radius 1 is 0.909 bits per heavy atom. The van der Waals surface area contributed by atoms with Crippen molar-refractivity contribution in [3.05, 3.63) is 18.2 Å². The second-order valence-electron chi connectivity index (χ2n) is 7.46. The number of halogens is 9. The minimum atomic E-state index is -7.43. The van der Waals surface area contributed by atoms with E-state index in [-0.39, 0.29) is 0 Å². The van der Waals surface area contributed by atoms with Gasteiger partial charge in [0.1, 0.15) is 25.5 Å². The molecule has 0 radical (unpaired) electrons. The molecular formula is C16H25F9N4O3S. The lowest BCUT2D eigenvalue weighted by Crippen LogP contribution is -2.63. The molecule has 0 spiro atoms. The van der Waals surface area contributed by atoms with Crippen molar-refractivity contribution in [1.82, 2.24) is 14.4 Å². The van der Waals surface area contributed by atoms with Crippen molar-refractivity contribution in [2.75, 3.05) is 41.3 Å². The van der Waals surface area contributed by atoms with Crippen LogP contribution in [-0.4, -0.2) is 91.9 Å². The Kier molecular flexibility index (Phi) is 10.3. The highest BCUT2D eigenvalue weighted by atomic mass is 32.2. The lowest BCUT2D eigenvalue weighted by Gasteiger charge is -2.34. The zero-order valence-corrected chi connectivity index (χ0v) is 19.1. The lowest BCUT2D eigenvalue weighted by atomic mass is 10.1. The van der Waals surface area contributed by atoms with E-state index in [0.29, 0.717) is 0 Å². The number of imidazole rings is 1. The zero-order chi connectivity index (χ0) is 26.6. The molecule has 17 heteroatoms. The van der Waals surface area contributed by atoms with Gasteiger partial charge in [0.05, 0.1) is 0 Å². The summed E-state index contributed by atoms with van der Waals surface area (Å²) < 4.78 is 140. The largest absolute Gasteiger partial charge is 0.743 e. The Morgan fingerprint density at radius 3 is 1.73 bits per heavy atom. The van der Waals surface area contributed by atoms with Crippen molar-refractivity contribution in [2.45, 2.75) is 43.3 Å². The maximum atomic E-state index is 12.2. The van der Waals surface area contributed by atoms with Crippen molar-refractivity contribution >= 4 is 10.1 Å². The van der Waals surface area contributed by atoms with Gasteiger partial charge >= 0.3 is 23.3 Å². The summed E-state index contributed by atoms with van der Waals surface area (Å²) >= 11 is 0. The van der Waals surface area contributed by atoms with Gasteiger partial charge in [-0.05, 0) is 28.2 Å². The smallest absolute Gasteiger partial charge is 0.460 e. The van der Waals surface area contributed by atoms with Gasteiger partial charge in [-0.25, -0.2) is 17.6 Å². The summed E-state index contributed by atoms with van der Waals surface area (Å²) in [5.74, 6) is -13.5. The molecule has 0 saturated heterocycles. The first-order valence-electron chi connectivity index (χ1n) is 9.01. The van der Waals surface area contributed by atoms with Crippen molar-refractivity contribution in [2.24, 2.45) is 0 Å². The van der Waals surface area contributed by atoms with Crippen LogP contribution in [0.4, 0.5) is 39.5 Å². The maximum absolute atomic E-state index is 12.2. The highest BCUT2D eigenvalue weighted by Crippen LogP contribution is 2.54. The third kappa shape index (κ3) is 7.45. The normalized spacial score (nSPS) is 14.0. The van der Waals surface area contributed by atoms with Crippen LogP contribution in [-0.2, 0) is 23.2 Å². The van der Waals surface area contributed by atoms with Crippen LogP contribution >= 0.6 is 0 Å². The molecule has 0 N–H and O–H groups in total. The van der Waals surface area contributed by atoms with Gasteiger partial charge in [-0.15, -0.1) is 0 Å². The van der Waals surface area contributed by atoms with E-state index in [2.05, 4.69) is 66.4 Å². The van der Waals surface area contributed by atoms with Crippen LogP contribution in [0.15, 0.2) is 12.4 Å². The average Bonchev–Trinajstić information content (AvgIpc) is 2.96. The fraction of sp³-hybridized carbons (Fsp3) is 0.812. The van der Waals surface area contributed by atoms with Gasteiger partial charge in [-0.3, -0.25) is 0 Å². The van der Waals surface area contributed by atoms with Crippen molar-refractivity contribution in [1.29, 1.82) is 0 Å². The Balaban J connectivity index is 0.000000621. The number of rotatable bonds is 9. The van der Waals surface area contributed by atoms with E-state index in [1.165, 1.54) is 5.82 Å². The molecule has 0 bridgehead atoms. The standard InChI is InChI=1S/C12H25N4.C4HF9O3S/c1-12-15(8-6-13(2)3)10-11-16(12)9-7-14(4)5;5-1(6,3(9,10)11)2(7,8)4(12,13)17(14,15)16/h10-11H,6-9H2,1-5H3;(H,14,15,16)/q+1;/p-1. The van der Waals surface area contributed by atoms with Crippen molar-refractivity contribution in [3.8, 4) is 0 Å². The molecular weight excluding hydrogens is 499 g/mol. The molecule has 0 amide bonds. The fourth-order valence-corrected chi connectivity index (χ4v) is 2.59. The highest BCUT2D eigenvalue weighted by molar-refractivity contribution is 7.86. The molecule has 0 aliphatic carbocycles. The van der Waals surface area contributed by atoms with Crippen LogP contribution in [0, 0.1) is 6.92 Å². The summed E-state index contributed by atoms with van der Waals surface area (Å²) in [4.78, 5) is 4.42. The van der Waals surface area contributed by atoms with Gasteiger partial charge in [0.25, 0.3) is 5.82 Å². The second kappa shape index (κ2) is 10.8. The molecule has 196 valence electrons. The average molecular weight is 524 g/mol. The number of likely N-dealkylation sites (N-methyl/N-ethyl adjacent to an activating group) is 2. The number of hydrogen-bond acceptors (Lipinski definition) is 5. The number of alkyl halides is 9. The van der Waals surface area contributed by atoms with Crippen LogP contribution in [0.3, 0.4) is 0 Å². The van der Waals surface area contributed by atoms with Crippen LogP contribution in [0.5, 0.6) is 0 Å². The van der Waals surface area contributed by atoms with Crippen LogP contribution in [0.2, 0.25) is 0 Å². The van der Waals surface area contributed by atoms with Crippen molar-refractivity contribution < 1.29 is 57.1 Å². The van der Waals surface area contributed by atoms with E-state index in [0.717, 1.165) is 26.2 Å². The SMILES string of the molecule is Cc1n(CCN(C)C)cc[n+]1CCN(C)C.O=S(=O)([O-])C(F)(F)C(F)(F)C(F)(F)C(F)(F)F. The van der Waals surface area contributed by atoms with Gasteiger partial charge in [-0.1, -0.05) is 0 Å². The van der Waals surface area contributed by atoms with Gasteiger partial charge in [0, 0.05) is 20.0 Å². The number of hydrogen-bond donors (Lipinski definition) is 0. The molecule has 1 aromatic heterocycles. The zero-order valence-electron chi connectivity index (χ0n) is 18.3. The second-order valence-corrected chi connectivity index (χ2v) is 8.88. The summed E-state index contributed by atoms with van der Waals surface area (Å²) in [6, 6.07) is 0. The fourth-order valence-electron chi connectivity index (χ4n) is 2.15. The molecule has 0 fully saturated rings. The first-order chi connectivity index (χ1) is 14.5. The van der Waals surface area contributed by atoms with E-state index < -0.39 is 33.4 Å². The van der Waals surface area contributed by atoms with Crippen LogP contribution in [0.1, 0.15) is 5.82 Å². The predicted molar refractivity (Wildman–Crippen MR) is 97.1 cm³/mol. The van der Waals surface area contributed by atoms with Crippen molar-refractivity contribution in [3.63, 3.8) is 0 Å². The summed E-state index contributed by atoms with van der Waals surface area (Å²) in [6.07, 6.45) is -2.81. The molecule has 0 saturated carbocycles. The maximum Gasteiger partial charge on any atom is 0.460 e. The minimum Gasteiger partial charge on any atom is -0.743 e. The van der Waals surface area contributed by atoms with Crippen LogP contribution in [0.25, 0.3) is 0 Å². The number of aromatic nitrogens is 2. The Bertz CT molecular complexity index is 840. The molecule has 0 aromatic carbocycles. The van der Waals surface area contributed by atoms with E-state index in [4.69, 9.17) is 0 Å². The molecule has 0 unspecified atom stereocenters. The first kappa shape index (κ1) is 31.4. The Hall–Kier alpha value is -1.59. The van der Waals surface area contributed by atoms with Gasteiger partial charge < -0.3 is 14.4 Å². The summed E-state index contributed by atoms with van der Waals surface area (Å²) in [7, 11) is 1.02. The molecule has 7 nitrogen and oxygen atoms in total. The third-order valence-electron chi connectivity index (χ3n) is 4.26. The molecule has 1 rings (SSSR count). The molecule has 0 aliphatic rings. The molecule has 1 heterocycles.